The molecule has 1 unspecified atom stereocenters. The molecule has 1 aliphatic heterocycles. The molecule has 0 spiro atoms. The highest BCUT2D eigenvalue weighted by Crippen LogP contribution is 2.35. The number of pyridine rings is 1. The van der Waals surface area contributed by atoms with Crippen LogP contribution in [0, 0.1) is 13.8 Å². The van der Waals surface area contributed by atoms with E-state index in [1.165, 1.54) is 3.97 Å². The Labute approximate surface area is 186 Å². The Hall–Kier alpha value is -2.98. The standard InChI is InChI=1S/C22H25N5O4S/c1-4-7-32(28,29)27-12-19(17-10-24-26(11-17)18-5-6-30-13-18)22-20(27)8-16(9-23-22)21-14(2)25-31-15(21)3/h8-12,18H,4-7,13H2,1-3H3. The molecule has 4 aromatic heterocycles. The Morgan fingerprint density at radius 3 is 2.72 bits per heavy atom. The molecule has 0 aromatic carbocycles. The van der Waals surface area contributed by atoms with Crippen LogP contribution in [0.2, 0.25) is 0 Å². The maximum Gasteiger partial charge on any atom is 0.239 e. The maximum absolute atomic E-state index is 13.1. The molecule has 0 radical (unpaired) electrons. The van der Waals surface area contributed by atoms with Crippen molar-refractivity contribution in [2.75, 3.05) is 19.0 Å². The SMILES string of the molecule is CCCS(=O)(=O)n1cc(-c2cnn(C3CCOC3)c2)c2ncc(-c3c(C)noc3C)cc21. The highest BCUT2D eigenvalue weighted by atomic mass is 32.2. The minimum absolute atomic E-state index is 0.0461. The number of aromatic nitrogens is 5. The van der Waals surface area contributed by atoms with Gasteiger partial charge in [-0.3, -0.25) is 9.67 Å². The highest BCUT2D eigenvalue weighted by Gasteiger charge is 2.24. The summed E-state index contributed by atoms with van der Waals surface area (Å²) in [6.07, 6.45) is 8.53. The smallest absolute Gasteiger partial charge is 0.239 e. The monoisotopic (exact) mass is 455 g/mol. The quantitative estimate of drug-likeness (QED) is 0.436. The predicted molar refractivity (Wildman–Crippen MR) is 120 cm³/mol. The third kappa shape index (κ3) is 3.43. The van der Waals surface area contributed by atoms with Crippen molar-refractivity contribution in [1.82, 2.24) is 23.9 Å². The summed E-state index contributed by atoms with van der Waals surface area (Å²) in [7, 11) is -3.55. The van der Waals surface area contributed by atoms with E-state index in [1.807, 2.05) is 37.7 Å². The Kier molecular flexibility index (Phi) is 5.13. The Balaban J connectivity index is 1.69. The largest absolute Gasteiger partial charge is 0.379 e. The molecule has 1 atom stereocenters. The number of hydrogen-bond donors (Lipinski definition) is 0. The molecule has 0 amide bonds. The van der Waals surface area contributed by atoms with Crippen molar-refractivity contribution < 1.29 is 17.7 Å². The van der Waals surface area contributed by atoms with Crippen molar-refractivity contribution in [2.45, 2.75) is 39.7 Å². The lowest BCUT2D eigenvalue weighted by atomic mass is 10.1. The first-order chi connectivity index (χ1) is 15.4. The lowest BCUT2D eigenvalue weighted by Crippen LogP contribution is -2.15. The Morgan fingerprint density at radius 1 is 1.19 bits per heavy atom. The van der Waals surface area contributed by atoms with Gasteiger partial charge in [-0.15, -0.1) is 0 Å². The molecule has 1 aliphatic rings. The summed E-state index contributed by atoms with van der Waals surface area (Å²) in [6.45, 7) is 6.90. The zero-order valence-electron chi connectivity index (χ0n) is 18.3. The molecular weight excluding hydrogens is 430 g/mol. The van der Waals surface area contributed by atoms with Crippen LogP contribution in [0.3, 0.4) is 0 Å². The van der Waals surface area contributed by atoms with Crippen molar-refractivity contribution in [3.8, 4) is 22.3 Å². The second kappa shape index (κ2) is 7.86. The number of hydrogen-bond acceptors (Lipinski definition) is 7. The molecule has 1 fully saturated rings. The van der Waals surface area contributed by atoms with E-state index < -0.39 is 10.0 Å². The van der Waals surface area contributed by atoms with Gasteiger partial charge in [-0.1, -0.05) is 12.1 Å². The topological polar surface area (TPSA) is 105 Å². The van der Waals surface area contributed by atoms with Crippen LogP contribution in [-0.2, 0) is 14.8 Å². The van der Waals surface area contributed by atoms with Crippen molar-refractivity contribution >= 4 is 21.1 Å². The normalized spacial score (nSPS) is 16.9. The van der Waals surface area contributed by atoms with E-state index in [-0.39, 0.29) is 11.8 Å². The van der Waals surface area contributed by atoms with Crippen molar-refractivity contribution in [2.24, 2.45) is 0 Å². The van der Waals surface area contributed by atoms with Gasteiger partial charge < -0.3 is 9.26 Å². The summed E-state index contributed by atoms with van der Waals surface area (Å²) in [5, 5.41) is 8.52. The van der Waals surface area contributed by atoms with Gasteiger partial charge in [-0.05, 0) is 32.8 Å². The van der Waals surface area contributed by atoms with Gasteiger partial charge in [0.25, 0.3) is 0 Å². The molecule has 0 aliphatic carbocycles. The number of rotatable bonds is 6. The summed E-state index contributed by atoms with van der Waals surface area (Å²) in [6, 6.07) is 2.04. The van der Waals surface area contributed by atoms with E-state index in [2.05, 4.69) is 15.2 Å². The van der Waals surface area contributed by atoms with Crippen LogP contribution in [-0.4, -0.2) is 51.3 Å². The van der Waals surface area contributed by atoms with Gasteiger partial charge in [0.2, 0.25) is 10.0 Å². The summed E-state index contributed by atoms with van der Waals surface area (Å²) >= 11 is 0. The average molecular weight is 456 g/mol. The molecule has 5 heterocycles. The molecule has 1 saturated heterocycles. The van der Waals surface area contributed by atoms with Crippen molar-refractivity contribution in [1.29, 1.82) is 0 Å². The first kappa shape index (κ1) is 20.9. The summed E-state index contributed by atoms with van der Waals surface area (Å²) in [4.78, 5) is 4.68. The number of aryl methyl sites for hydroxylation is 2. The Morgan fingerprint density at radius 2 is 2.03 bits per heavy atom. The zero-order chi connectivity index (χ0) is 22.5. The fourth-order valence-electron chi connectivity index (χ4n) is 4.31. The molecule has 9 nitrogen and oxygen atoms in total. The molecule has 0 saturated carbocycles. The summed E-state index contributed by atoms with van der Waals surface area (Å²) in [5.41, 5.74) is 5.03. The third-order valence-corrected chi connectivity index (χ3v) is 7.71. The van der Waals surface area contributed by atoms with Crippen LogP contribution in [0.25, 0.3) is 33.3 Å². The number of ether oxygens (including phenoxy) is 1. The Bertz CT molecular complexity index is 1370. The van der Waals surface area contributed by atoms with E-state index in [0.29, 0.717) is 29.8 Å². The summed E-state index contributed by atoms with van der Waals surface area (Å²) in [5.74, 6) is 0.711. The molecule has 10 heteroatoms. The second-order valence-corrected chi connectivity index (χ2v) is 10.1. The van der Waals surface area contributed by atoms with Crippen molar-refractivity contribution in [3.05, 3.63) is 42.3 Å². The first-order valence-corrected chi connectivity index (χ1v) is 12.3. The van der Waals surface area contributed by atoms with Gasteiger partial charge >= 0.3 is 0 Å². The third-order valence-electron chi connectivity index (χ3n) is 5.88. The lowest BCUT2D eigenvalue weighted by molar-refractivity contribution is 0.184. The van der Waals surface area contributed by atoms with Crippen LogP contribution in [0.15, 0.2) is 35.4 Å². The van der Waals surface area contributed by atoms with Gasteiger partial charge in [0.1, 0.15) is 5.76 Å². The van der Waals surface area contributed by atoms with Crippen molar-refractivity contribution in [3.63, 3.8) is 0 Å². The zero-order valence-corrected chi connectivity index (χ0v) is 19.1. The fourth-order valence-corrected chi connectivity index (χ4v) is 5.73. The fraction of sp³-hybridized carbons (Fsp3) is 0.409. The average Bonchev–Trinajstić information content (AvgIpc) is 3.54. The number of fused-ring (bicyclic) bond motifs is 1. The number of nitrogens with zero attached hydrogens (tertiary/aromatic N) is 5. The van der Waals surface area contributed by atoms with Crippen LogP contribution >= 0.6 is 0 Å². The minimum Gasteiger partial charge on any atom is -0.379 e. The van der Waals surface area contributed by atoms with E-state index in [0.717, 1.165) is 41.0 Å². The lowest BCUT2D eigenvalue weighted by Gasteiger charge is -2.07. The van der Waals surface area contributed by atoms with Crippen LogP contribution in [0.5, 0.6) is 0 Å². The van der Waals surface area contributed by atoms with Gasteiger partial charge in [-0.25, -0.2) is 12.4 Å². The molecule has 0 N–H and O–H groups in total. The van der Waals surface area contributed by atoms with Gasteiger partial charge in [0.15, 0.2) is 0 Å². The summed E-state index contributed by atoms with van der Waals surface area (Å²) < 4.78 is 40.2. The second-order valence-electron chi connectivity index (χ2n) is 8.17. The van der Waals surface area contributed by atoms with Gasteiger partial charge in [0.05, 0.1) is 41.3 Å². The maximum atomic E-state index is 13.1. The minimum atomic E-state index is -3.55. The molecule has 32 heavy (non-hydrogen) atoms. The van der Waals surface area contributed by atoms with Crippen LogP contribution in [0.1, 0.15) is 37.3 Å². The molecule has 168 valence electrons. The van der Waals surface area contributed by atoms with E-state index >= 15 is 0 Å². The van der Waals surface area contributed by atoms with Gasteiger partial charge in [-0.2, -0.15) is 5.10 Å². The predicted octanol–water partition coefficient (Wildman–Crippen LogP) is 3.72. The van der Waals surface area contributed by atoms with E-state index in [9.17, 15) is 8.42 Å². The van der Waals surface area contributed by atoms with E-state index in [1.54, 1.807) is 18.6 Å². The molecule has 0 bridgehead atoms. The van der Waals surface area contributed by atoms with Crippen LogP contribution < -0.4 is 0 Å². The molecule has 5 rings (SSSR count). The molecule has 4 aromatic rings. The van der Waals surface area contributed by atoms with E-state index in [4.69, 9.17) is 9.26 Å². The first-order valence-electron chi connectivity index (χ1n) is 10.7. The molecular formula is C22H25N5O4S. The van der Waals surface area contributed by atoms with Gasteiger partial charge in [0, 0.05) is 47.5 Å². The highest BCUT2D eigenvalue weighted by molar-refractivity contribution is 7.90. The van der Waals surface area contributed by atoms with Crippen LogP contribution in [0.4, 0.5) is 0 Å².